The Labute approximate surface area is 204 Å². The van der Waals surface area contributed by atoms with Gasteiger partial charge in [-0.15, -0.1) is 5.10 Å². The van der Waals surface area contributed by atoms with Gasteiger partial charge in [-0.2, -0.15) is 13.2 Å². The van der Waals surface area contributed by atoms with Crippen LogP contribution in [0.5, 0.6) is 0 Å². The van der Waals surface area contributed by atoms with Crippen molar-refractivity contribution in [3.8, 4) is 16.9 Å². The van der Waals surface area contributed by atoms with E-state index in [0.717, 1.165) is 67.1 Å². The van der Waals surface area contributed by atoms with E-state index in [1.165, 1.54) is 0 Å². The largest absolute Gasteiger partial charge is 0.416 e. The molecule has 6 rings (SSSR count). The van der Waals surface area contributed by atoms with Crippen LogP contribution in [0, 0.1) is 12.3 Å². The fourth-order valence-electron chi connectivity index (χ4n) is 4.53. The van der Waals surface area contributed by atoms with Gasteiger partial charge in [-0.05, 0) is 42.8 Å². The van der Waals surface area contributed by atoms with Crippen molar-refractivity contribution in [1.82, 2.24) is 25.0 Å². The van der Waals surface area contributed by atoms with Crippen LogP contribution in [-0.4, -0.2) is 51.3 Å². The molecule has 0 aliphatic carbocycles. The van der Waals surface area contributed by atoms with Gasteiger partial charge >= 0.3 is 6.18 Å². The Morgan fingerprint density at radius 3 is 2.64 bits per heavy atom. The summed E-state index contributed by atoms with van der Waals surface area (Å²) in [6.07, 6.45) is 2.11. The van der Waals surface area contributed by atoms with Gasteiger partial charge in [0, 0.05) is 36.7 Å². The molecule has 1 spiro atoms. The lowest BCUT2D eigenvalue weighted by Gasteiger charge is -2.55. The van der Waals surface area contributed by atoms with Gasteiger partial charge in [0.05, 0.1) is 48.0 Å². The van der Waals surface area contributed by atoms with Crippen molar-refractivity contribution in [2.75, 3.05) is 36.5 Å². The average Bonchev–Trinajstić information content (AvgIpc) is 3.29. The number of ether oxygens (including phenoxy) is 1. The maximum atomic E-state index is 13.0. The summed E-state index contributed by atoms with van der Waals surface area (Å²) in [4.78, 5) is 10.7. The van der Waals surface area contributed by atoms with Crippen LogP contribution in [0.15, 0.2) is 61.2 Å². The van der Waals surface area contributed by atoms with Gasteiger partial charge < -0.3 is 15.0 Å². The molecule has 0 amide bonds. The van der Waals surface area contributed by atoms with Crippen molar-refractivity contribution in [2.45, 2.75) is 13.1 Å². The lowest BCUT2D eigenvalue weighted by Crippen LogP contribution is -2.66. The van der Waals surface area contributed by atoms with E-state index in [0.29, 0.717) is 16.8 Å². The quantitative estimate of drug-likeness (QED) is 0.434. The van der Waals surface area contributed by atoms with Crippen LogP contribution in [0.4, 0.5) is 30.4 Å². The van der Waals surface area contributed by atoms with Crippen molar-refractivity contribution in [3.05, 3.63) is 72.3 Å². The number of aryl methyl sites for hydroxylation is 1. The molecule has 1 aromatic carbocycles. The molecule has 4 aromatic rings. The molecular weight excluding hydrogens is 471 g/mol. The van der Waals surface area contributed by atoms with Gasteiger partial charge in [0.25, 0.3) is 0 Å². The zero-order valence-electron chi connectivity index (χ0n) is 19.3. The number of benzene rings is 1. The van der Waals surface area contributed by atoms with Gasteiger partial charge in [-0.25, -0.2) is 9.67 Å². The third kappa shape index (κ3) is 4.15. The monoisotopic (exact) mass is 493 g/mol. The maximum Gasteiger partial charge on any atom is 0.416 e. The molecule has 11 heteroatoms. The van der Waals surface area contributed by atoms with Crippen molar-refractivity contribution in [3.63, 3.8) is 0 Å². The van der Waals surface area contributed by atoms with E-state index >= 15 is 0 Å². The summed E-state index contributed by atoms with van der Waals surface area (Å²) in [6.45, 7) is 5.49. The first-order chi connectivity index (χ1) is 17.3. The first-order valence-electron chi connectivity index (χ1n) is 11.4. The number of nitrogens with zero attached hydrogens (tertiary/aromatic N) is 6. The van der Waals surface area contributed by atoms with Gasteiger partial charge in [0.1, 0.15) is 11.5 Å². The molecule has 2 aliphatic rings. The van der Waals surface area contributed by atoms with Crippen LogP contribution in [-0.2, 0) is 10.9 Å². The Kier molecular flexibility index (Phi) is 5.18. The summed E-state index contributed by atoms with van der Waals surface area (Å²) in [5.74, 6) is 0.100. The molecule has 5 heterocycles. The molecular formula is C25H22F3N7O. The molecule has 0 radical (unpaired) electrons. The van der Waals surface area contributed by atoms with Gasteiger partial charge in [-0.3, -0.25) is 4.98 Å². The topological polar surface area (TPSA) is 81.0 Å². The minimum atomic E-state index is -4.44. The normalized spacial score (nSPS) is 16.5. The molecule has 184 valence electrons. The Balaban J connectivity index is 1.23. The molecule has 0 atom stereocenters. The van der Waals surface area contributed by atoms with Crippen LogP contribution in [0.2, 0.25) is 0 Å². The first kappa shape index (κ1) is 22.5. The minimum Gasteiger partial charge on any atom is -0.380 e. The highest BCUT2D eigenvalue weighted by molar-refractivity contribution is 5.66. The van der Waals surface area contributed by atoms with Crippen molar-refractivity contribution < 1.29 is 17.9 Å². The van der Waals surface area contributed by atoms with E-state index in [9.17, 15) is 13.2 Å². The Bertz CT molecular complexity index is 1420. The van der Waals surface area contributed by atoms with Gasteiger partial charge in [-0.1, -0.05) is 11.3 Å². The summed E-state index contributed by atoms with van der Waals surface area (Å²) in [7, 11) is 0. The van der Waals surface area contributed by atoms with Crippen molar-refractivity contribution in [2.24, 2.45) is 5.41 Å². The van der Waals surface area contributed by atoms with E-state index in [4.69, 9.17) is 4.74 Å². The fraction of sp³-hybridized carbons (Fsp3) is 0.280. The van der Waals surface area contributed by atoms with E-state index < -0.39 is 11.7 Å². The second kappa shape index (κ2) is 8.30. The summed E-state index contributed by atoms with van der Waals surface area (Å²) in [6, 6.07) is 9.40. The Morgan fingerprint density at radius 1 is 1.06 bits per heavy atom. The summed E-state index contributed by atoms with van der Waals surface area (Å²) >= 11 is 0. The predicted octanol–water partition coefficient (Wildman–Crippen LogP) is 4.63. The highest BCUT2D eigenvalue weighted by Gasteiger charge is 2.49. The standard InChI is InChI=1S/C25H22F3N7O/c1-16-2-3-19(31-23-7-18(4-5-30-23)25(26,27)28)8-22(16)35-11-21(32-33-35)17-6-20(10-29-9-17)34-12-24(13-34)14-36-15-24/h2-11H,12-15H2,1H3,(H,30,31). The lowest BCUT2D eigenvalue weighted by molar-refractivity contribution is -0.137. The second-order valence-electron chi connectivity index (χ2n) is 9.38. The summed E-state index contributed by atoms with van der Waals surface area (Å²) in [5.41, 5.74) is 4.34. The molecule has 2 fully saturated rings. The van der Waals surface area contributed by atoms with Crippen molar-refractivity contribution in [1.29, 1.82) is 0 Å². The van der Waals surface area contributed by atoms with E-state index in [1.54, 1.807) is 23.0 Å². The second-order valence-corrected chi connectivity index (χ2v) is 9.38. The number of aromatic nitrogens is 5. The maximum absolute atomic E-state index is 13.0. The highest BCUT2D eigenvalue weighted by Crippen LogP contribution is 2.40. The lowest BCUT2D eigenvalue weighted by atomic mass is 9.78. The van der Waals surface area contributed by atoms with Crippen LogP contribution >= 0.6 is 0 Å². The van der Waals surface area contributed by atoms with Crippen LogP contribution in [0.25, 0.3) is 16.9 Å². The molecule has 0 unspecified atom stereocenters. The van der Waals surface area contributed by atoms with Crippen molar-refractivity contribution >= 4 is 17.2 Å². The Hall–Kier alpha value is -3.99. The number of hydrogen-bond donors (Lipinski definition) is 1. The molecule has 3 aromatic heterocycles. The van der Waals surface area contributed by atoms with Gasteiger partial charge in [0.2, 0.25) is 0 Å². The number of anilines is 3. The third-order valence-corrected chi connectivity index (χ3v) is 6.56. The van der Waals surface area contributed by atoms with E-state index in [1.807, 2.05) is 25.4 Å². The minimum absolute atomic E-state index is 0.100. The summed E-state index contributed by atoms with van der Waals surface area (Å²) < 4.78 is 46.1. The zero-order valence-corrected chi connectivity index (χ0v) is 19.3. The third-order valence-electron chi connectivity index (χ3n) is 6.56. The number of rotatable bonds is 5. The van der Waals surface area contributed by atoms with Crippen LogP contribution in [0.1, 0.15) is 11.1 Å². The molecule has 36 heavy (non-hydrogen) atoms. The smallest absolute Gasteiger partial charge is 0.380 e. The highest BCUT2D eigenvalue weighted by atomic mass is 19.4. The SMILES string of the molecule is Cc1ccc(Nc2cc(C(F)(F)F)ccn2)cc1-n1cc(-c2cncc(N3CC4(COC4)C3)c2)nn1. The predicted molar refractivity (Wildman–Crippen MR) is 127 cm³/mol. The van der Waals surface area contributed by atoms with Gasteiger partial charge in [0.15, 0.2) is 0 Å². The van der Waals surface area contributed by atoms with Crippen LogP contribution < -0.4 is 10.2 Å². The number of pyridine rings is 2. The number of nitrogens with one attached hydrogen (secondary N) is 1. The average molecular weight is 493 g/mol. The molecule has 2 aliphatic heterocycles. The molecule has 2 saturated heterocycles. The van der Waals surface area contributed by atoms with E-state index in [-0.39, 0.29) is 5.82 Å². The Morgan fingerprint density at radius 2 is 1.89 bits per heavy atom. The molecule has 0 bridgehead atoms. The summed E-state index contributed by atoms with van der Waals surface area (Å²) in [5, 5.41) is 11.6. The number of alkyl halides is 3. The fourth-order valence-corrected chi connectivity index (χ4v) is 4.53. The molecule has 0 saturated carbocycles. The van der Waals surface area contributed by atoms with Crippen LogP contribution in [0.3, 0.4) is 0 Å². The zero-order chi connectivity index (χ0) is 24.9. The first-order valence-corrected chi connectivity index (χ1v) is 11.4. The molecule has 1 N–H and O–H groups in total. The van der Waals surface area contributed by atoms with E-state index in [2.05, 4.69) is 36.6 Å². The number of hydrogen-bond acceptors (Lipinski definition) is 7. The molecule has 8 nitrogen and oxygen atoms in total. The number of halogens is 3.